The first-order chi connectivity index (χ1) is 7.60. The van der Waals surface area contributed by atoms with E-state index in [-0.39, 0.29) is 0 Å². The molecule has 1 saturated carbocycles. The van der Waals surface area contributed by atoms with E-state index in [1.807, 2.05) is 0 Å². The van der Waals surface area contributed by atoms with Gasteiger partial charge in [-0.3, -0.25) is 0 Å². The first kappa shape index (κ1) is 13.9. The highest BCUT2D eigenvalue weighted by molar-refractivity contribution is 4.91. The monoisotopic (exact) mass is 228 g/mol. The van der Waals surface area contributed by atoms with Gasteiger partial charge in [0.05, 0.1) is 6.61 Å². The number of hydrogen-bond acceptors (Lipinski definition) is 3. The van der Waals surface area contributed by atoms with Gasteiger partial charge in [-0.2, -0.15) is 0 Å². The van der Waals surface area contributed by atoms with Crippen molar-refractivity contribution in [1.82, 2.24) is 5.32 Å². The molecule has 0 heterocycles. The Kier molecular flexibility index (Phi) is 5.73. The lowest BCUT2D eigenvalue weighted by molar-refractivity contribution is 0.142. The first-order valence-electron chi connectivity index (χ1n) is 6.55. The third kappa shape index (κ3) is 4.04. The normalized spacial score (nSPS) is 25.9. The largest absolute Gasteiger partial charge is 0.383 e. The summed E-state index contributed by atoms with van der Waals surface area (Å²) in [6, 6.07) is 1.11. The smallest absolute Gasteiger partial charge is 0.0615 e. The Balaban J connectivity index is 2.40. The van der Waals surface area contributed by atoms with Crippen molar-refractivity contribution in [1.29, 1.82) is 0 Å². The van der Waals surface area contributed by atoms with Gasteiger partial charge in [-0.15, -0.1) is 0 Å². The molecule has 0 radical (unpaired) electrons. The highest BCUT2D eigenvalue weighted by Crippen LogP contribution is 2.37. The van der Waals surface area contributed by atoms with E-state index in [1.165, 1.54) is 19.3 Å². The maximum atomic E-state index is 5.57. The molecule has 1 rings (SSSR count). The average Bonchev–Trinajstić information content (AvgIpc) is 2.55. The fraction of sp³-hybridized carbons (Fsp3) is 1.00. The van der Waals surface area contributed by atoms with E-state index >= 15 is 0 Å². The summed E-state index contributed by atoms with van der Waals surface area (Å²) in [5.74, 6) is 0. The van der Waals surface area contributed by atoms with Crippen molar-refractivity contribution in [3.63, 3.8) is 0 Å². The molecule has 0 aromatic carbocycles. The van der Waals surface area contributed by atoms with Crippen LogP contribution in [0, 0.1) is 5.41 Å². The molecule has 3 N–H and O–H groups in total. The van der Waals surface area contributed by atoms with Gasteiger partial charge in [0, 0.05) is 19.2 Å². The number of ether oxygens (including phenoxy) is 1. The Bertz CT molecular complexity index is 194. The number of nitrogens with two attached hydrogens (primary N) is 1. The molecule has 1 fully saturated rings. The van der Waals surface area contributed by atoms with Crippen LogP contribution in [-0.4, -0.2) is 32.3 Å². The van der Waals surface area contributed by atoms with E-state index < -0.39 is 0 Å². The van der Waals surface area contributed by atoms with Gasteiger partial charge in [0.2, 0.25) is 0 Å². The molecule has 0 bridgehead atoms. The van der Waals surface area contributed by atoms with Gasteiger partial charge in [0.15, 0.2) is 0 Å². The minimum absolute atomic E-state index is 0.439. The zero-order chi connectivity index (χ0) is 12.0. The Morgan fingerprint density at radius 2 is 2.25 bits per heavy atom. The van der Waals surface area contributed by atoms with Gasteiger partial charge in [-0.1, -0.05) is 20.3 Å². The zero-order valence-corrected chi connectivity index (χ0v) is 11.1. The van der Waals surface area contributed by atoms with Crippen molar-refractivity contribution < 1.29 is 4.74 Å². The van der Waals surface area contributed by atoms with Crippen molar-refractivity contribution in [3.8, 4) is 0 Å². The molecule has 0 saturated heterocycles. The van der Waals surface area contributed by atoms with Crippen molar-refractivity contribution >= 4 is 0 Å². The van der Waals surface area contributed by atoms with Crippen LogP contribution >= 0.6 is 0 Å². The molecular weight excluding hydrogens is 200 g/mol. The molecular formula is C13H28N2O. The minimum Gasteiger partial charge on any atom is -0.383 e. The third-order valence-corrected chi connectivity index (χ3v) is 3.82. The van der Waals surface area contributed by atoms with Gasteiger partial charge < -0.3 is 15.8 Å². The molecule has 0 aliphatic heterocycles. The summed E-state index contributed by atoms with van der Waals surface area (Å²) in [5.41, 5.74) is 6.01. The fourth-order valence-electron chi connectivity index (χ4n) is 2.70. The summed E-state index contributed by atoms with van der Waals surface area (Å²) in [5, 5.41) is 3.76. The summed E-state index contributed by atoms with van der Waals surface area (Å²) < 4.78 is 5.28. The van der Waals surface area contributed by atoms with Crippen LogP contribution in [-0.2, 0) is 4.74 Å². The molecule has 0 amide bonds. The van der Waals surface area contributed by atoms with E-state index in [2.05, 4.69) is 19.2 Å². The van der Waals surface area contributed by atoms with E-state index in [0.29, 0.717) is 17.5 Å². The van der Waals surface area contributed by atoms with Crippen molar-refractivity contribution in [2.75, 3.05) is 20.3 Å². The van der Waals surface area contributed by atoms with Crippen molar-refractivity contribution in [2.45, 2.75) is 58.0 Å². The molecule has 1 aliphatic rings. The molecule has 0 spiro atoms. The van der Waals surface area contributed by atoms with Crippen LogP contribution in [0.2, 0.25) is 0 Å². The van der Waals surface area contributed by atoms with Crippen LogP contribution in [0.4, 0.5) is 0 Å². The quantitative estimate of drug-likeness (QED) is 0.700. The molecule has 2 unspecified atom stereocenters. The fourth-order valence-corrected chi connectivity index (χ4v) is 2.70. The second kappa shape index (κ2) is 6.58. The lowest BCUT2D eigenvalue weighted by atomic mass is 9.87. The Morgan fingerprint density at radius 3 is 2.75 bits per heavy atom. The predicted octanol–water partition coefficient (Wildman–Crippen LogP) is 1.91. The van der Waals surface area contributed by atoms with Crippen LogP contribution in [0.1, 0.15) is 46.0 Å². The first-order valence-corrected chi connectivity index (χ1v) is 6.55. The maximum Gasteiger partial charge on any atom is 0.0615 e. The summed E-state index contributed by atoms with van der Waals surface area (Å²) in [7, 11) is 1.77. The van der Waals surface area contributed by atoms with Crippen LogP contribution in [0.3, 0.4) is 0 Å². The van der Waals surface area contributed by atoms with Gasteiger partial charge in [-0.05, 0) is 37.6 Å². The summed E-state index contributed by atoms with van der Waals surface area (Å²) in [4.78, 5) is 0. The molecule has 96 valence electrons. The molecule has 0 aromatic heterocycles. The molecule has 3 heteroatoms. The van der Waals surface area contributed by atoms with Crippen LogP contribution in [0.5, 0.6) is 0 Å². The van der Waals surface area contributed by atoms with Crippen LogP contribution < -0.4 is 11.1 Å². The summed E-state index contributed by atoms with van der Waals surface area (Å²) in [6.45, 7) is 6.30. The van der Waals surface area contributed by atoms with Crippen LogP contribution in [0.15, 0.2) is 0 Å². The minimum atomic E-state index is 0.439. The molecule has 16 heavy (non-hydrogen) atoms. The highest BCUT2D eigenvalue weighted by Gasteiger charge is 2.35. The maximum absolute atomic E-state index is 5.57. The van der Waals surface area contributed by atoms with E-state index in [0.717, 1.165) is 26.0 Å². The van der Waals surface area contributed by atoms with Gasteiger partial charge >= 0.3 is 0 Å². The summed E-state index contributed by atoms with van der Waals surface area (Å²) in [6.07, 6.45) is 6.18. The standard InChI is InChI=1S/C13H28N2O/c1-13(2)8-4-7-12(13)15-11(10-16-3)6-5-9-14/h11-12,15H,4-10,14H2,1-3H3. The van der Waals surface area contributed by atoms with Crippen molar-refractivity contribution in [3.05, 3.63) is 0 Å². The number of nitrogens with one attached hydrogen (secondary N) is 1. The molecule has 0 aromatic rings. The Morgan fingerprint density at radius 1 is 1.50 bits per heavy atom. The SMILES string of the molecule is COCC(CCCN)NC1CCCC1(C)C. The number of methoxy groups -OCH3 is 1. The van der Waals surface area contributed by atoms with Gasteiger partial charge in [0.1, 0.15) is 0 Å². The lowest BCUT2D eigenvalue weighted by Crippen LogP contribution is -2.46. The highest BCUT2D eigenvalue weighted by atomic mass is 16.5. The second-order valence-electron chi connectivity index (χ2n) is 5.68. The van der Waals surface area contributed by atoms with Crippen molar-refractivity contribution in [2.24, 2.45) is 11.1 Å². The number of hydrogen-bond donors (Lipinski definition) is 2. The van der Waals surface area contributed by atoms with E-state index in [1.54, 1.807) is 7.11 Å². The topological polar surface area (TPSA) is 47.3 Å². The lowest BCUT2D eigenvalue weighted by Gasteiger charge is -2.32. The molecule has 1 aliphatic carbocycles. The molecule has 3 nitrogen and oxygen atoms in total. The number of rotatable bonds is 7. The Labute approximate surface area is 100 Å². The van der Waals surface area contributed by atoms with E-state index in [9.17, 15) is 0 Å². The Hall–Kier alpha value is -0.120. The van der Waals surface area contributed by atoms with Crippen LogP contribution in [0.25, 0.3) is 0 Å². The average molecular weight is 228 g/mol. The van der Waals surface area contributed by atoms with Gasteiger partial charge in [0.25, 0.3) is 0 Å². The third-order valence-electron chi connectivity index (χ3n) is 3.82. The predicted molar refractivity (Wildman–Crippen MR) is 68.5 cm³/mol. The second-order valence-corrected chi connectivity index (χ2v) is 5.68. The summed E-state index contributed by atoms with van der Waals surface area (Å²) >= 11 is 0. The van der Waals surface area contributed by atoms with E-state index in [4.69, 9.17) is 10.5 Å². The zero-order valence-electron chi connectivity index (χ0n) is 11.1. The molecule has 2 atom stereocenters. The van der Waals surface area contributed by atoms with Gasteiger partial charge in [-0.25, -0.2) is 0 Å².